The highest BCUT2D eigenvalue weighted by Crippen LogP contribution is 2.26. The summed E-state index contributed by atoms with van der Waals surface area (Å²) in [5.74, 6) is -0.528. The first kappa shape index (κ1) is 19.9. The number of methoxy groups -OCH3 is 2. The Morgan fingerprint density at radius 1 is 0.966 bits per heavy atom. The van der Waals surface area contributed by atoms with Gasteiger partial charge in [0.2, 0.25) is 5.76 Å². The molecule has 0 saturated carbocycles. The van der Waals surface area contributed by atoms with Crippen molar-refractivity contribution in [2.45, 2.75) is 6.61 Å². The van der Waals surface area contributed by atoms with Crippen molar-refractivity contribution in [2.24, 2.45) is 0 Å². The lowest BCUT2D eigenvalue weighted by molar-refractivity contribution is -0.137. The number of ether oxygens (including phenoxy) is 3. The van der Waals surface area contributed by atoms with E-state index in [0.29, 0.717) is 22.4 Å². The Hall–Kier alpha value is -3.80. The Balaban J connectivity index is 1.89. The standard InChI is InChI=1S/C23H20O6/c1-26-20-11-7-6-10-17(20)14-19(16-8-4-3-5-9-16)22(24)29-15-18-12-13-28-21(18)23(25)27-2/h3-14H,15H2,1-2H3/b19-14+. The number of benzene rings is 2. The van der Waals surface area contributed by atoms with E-state index in [9.17, 15) is 9.59 Å². The second-order valence-electron chi connectivity index (χ2n) is 6.01. The molecule has 1 heterocycles. The van der Waals surface area contributed by atoms with Crippen LogP contribution in [0.25, 0.3) is 11.6 Å². The summed E-state index contributed by atoms with van der Waals surface area (Å²) in [5, 5.41) is 0. The highest BCUT2D eigenvalue weighted by Gasteiger charge is 2.19. The third-order valence-corrected chi connectivity index (χ3v) is 4.22. The van der Waals surface area contributed by atoms with Crippen LogP contribution in [0.5, 0.6) is 5.75 Å². The van der Waals surface area contributed by atoms with Crippen molar-refractivity contribution in [1.29, 1.82) is 0 Å². The molecule has 6 nitrogen and oxygen atoms in total. The van der Waals surface area contributed by atoms with Gasteiger partial charge >= 0.3 is 11.9 Å². The van der Waals surface area contributed by atoms with Crippen LogP contribution in [0.2, 0.25) is 0 Å². The minimum Gasteiger partial charge on any atom is -0.496 e. The van der Waals surface area contributed by atoms with E-state index >= 15 is 0 Å². The maximum Gasteiger partial charge on any atom is 0.374 e. The van der Waals surface area contributed by atoms with Gasteiger partial charge in [0.25, 0.3) is 0 Å². The second kappa shape index (κ2) is 9.41. The molecule has 0 aliphatic carbocycles. The minimum absolute atomic E-state index is 0.00951. The SMILES string of the molecule is COC(=O)c1occc1COC(=O)/C(=C/c1ccccc1OC)c1ccccc1. The van der Waals surface area contributed by atoms with Crippen molar-refractivity contribution in [3.05, 3.63) is 89.4 Å². The Morgan fingerprint density at radius 3 is 2.41 bits per heavy atom. The molecule has 0 N–H and O–H groups in total. The molecule has 0 atom stereocenters. The quantitative estimate of drug-likeness (QED) is 0.338. The topological polar surface area (TPSA) is 75.0 Å². The maximum atomic E-state index is 12.9. The first-order chi connectivity index (χ1) is 14.1. The Labute approximate surface area is 168 Å². The number of rotatable bonds is 7. The summed E-state index contributed by atoms with van der Waals surface area (Å²) in [6, 6.07) is 18.1. The second-order valence-corrected chi connectivity index (χ2v) is 6.01. The van der Waals surface area contributed by atoms with Gasteiger partial charge in [-0.25, -0.2) is 9.59 Å². The molecule has 0 aliphatic rings. The molecule has 3 rings (SSSR count). The van der Waals surface area contributed by atoms with Crippen molar-refractivity contribution in [3.8, 4) is 5.75 Å². The number of esters is 2. The third kappa shape index (κ3) is 4.73. The van der Waals surface area contributed by atoms with E-state index in [0.717, 1.165) is 5.56 Å². The molecule has 0 saturated heterocycles. The molecule has 0 spiro atoms. The van der Waals surface area contributed by atoms with Crippen molar-refractivity contribution >= 4 is 23.6 Å². The highest BCUT2D eigenvalue weighted by atomic mass is 16.5. The Bertz CT molecular complexity index is 1020. The fourth-order valence-electron chi connectivity index (χ4n) is 2.76. The summed E-state index contributed by atoms with van der Waals surface area (Å²) in [7, 11) is 2.82. The first-order valence-electron chi connectivity index (χ1n) is 8.86. The molecule has 0 fully saturated rings. The van der Waals surface area contributed by atoms with Gasteiger partial charge in [-0.1, -0.05) is 48.5 Å². The largest absolute Gasteiger partial charge is 0.496 e. The van der Waals surface area contributed by atoms with Gasteiger partial charge in [-0.05, 0) is 23.8 Å². The lowest BCUT2D eigenvalue weighted by Gasteiger charge is -2.10. The van der Waals surface area contributed by atoms with Crippen LogP contribution in [0.15, 0.2) is 71.3 Å². The van der Waals surface area contributed by atoms with Crippen LogP contribution >= 0.6 is 0 Å². The van der Waals surface area contributed by atoms with Gasteiger partial charge < -0.3 is 18.6 Å². The number of hydrogen-bond acceptors (Lipinski definition) is 6. The molecule has 3 aromatic rings. The predicted molar refractivity (Wildman–Crippen MR) is 107 cm³/mol. The Morgan fingerprint density at radius 2 is 1.69 bits per heavy atom. The van der Waals surface area contributed by atoms with Crippen molar-refractivity contribution in [1.82, 2.24) is 0 Å². The van der Waals surface area contributed by atoms with Crippen molar-refractivity contribution in [3.63, 3.8) is 0 Å². The number of para-hydroxylation sites is 1. The summed E-state index contributed by atoms with van der Waals surface area (Å²) in [5.41, 5.74) is 2.22. The van der Waals surface area contributed by atoms with Crippen molar-refractivity contribution in [2.75, 3.05) is 14.2 Å². The fraction of sp³-hybridized carbons (Fsp3) is 0.130. The lowest BCUT2D eigenvalue weighted by atomic mass is 10.0. The van der Waals surface area contributed by atoms with Gasteiger partial charge in [0.05, 0.1) is 26.1 Å². The van der Waals surface area contributed by atoms with E-state index in [-0.39, 0.29) is 12.4 Å². The smallest absolute Gasteiger partial charge is 0.374 e. The molecule has 0 amide bonds. The van der Waals surface area contributed by atoms with E-state index in [1.165, 1.54) is 13.4 Å². The zero-order valence-electron chi connectivity index (χ0n) is 16.1. The maximum absolute atomic E-state index is 12.9. The van der Waals surface area contributed by atoms with Crippen LogP contribution in [0.4, 0.5) is 0 Å². The molecular formula is C23H20O6. The summed E-state index contributed by atoms with van der Waals surface area (Å²) in [6.45, 7) is -0.129. The lowest BCUT2D eigenvalue weighted by Crippen LogP contribution is -2.10. The monoisotopic (exact) mass is 392 g/mol. The average Bonchev–Trinajstić information content (AvgIpc) is 3.24. The summed E-state index contributed by atoms with van der Waals surface area (Å²) in [6.07, 6.45) is 3.06. The molecular weight excluding hydrogens is 372 g/mol. The fourth-order valence-corrected chi connectivity index (χ4v) is 2.76. The zero-order valence-corrected chi connectivity index (χ0v) is 16.1. The van der Waals surface area contributed by atoms with Gasteiger partial charge in [-0.2, -0.15) is 0 Å². The molecule has 0 bridgehead atoms. The van der Waals surface area contributed by atoms with E-state index in [1.807, 2.05) is 54.6 Å². The van der Waals surface area contributed by atoms with Gasteiger partial charge in [0.1, 0.15) is 12.4 Å². The van der Waals surface area contributed by atoms with E-state index < -0.39 is 11.9 Å². The van der Waals surface area contributed by atoms with Crippen LogP contribution in [0.3, 0.4) is 0 Å². The van der Waals surface area contributed by atoms with E-state index in [1.54, 1.807) is 19.3 Å². The third-order valence-electron chi connectivity index (χ3n) is 4.22. The van der Waals surface area contributed by atoms with Gasteiger partial charge in [-0.3, -0.25) is 0 Å². The molecule has 148 valence electrons. The number of carbonyl (C=O) groups is 2. The molecule has 29 heavy (non-hydrogen) atoms. The molecule has 2 aromatic carbocycles. The van der Waals surface area contributed by atoms with Crippen LogP contribution in [0, 0.1) is 0 Å². The average molecular weight is 392 g/mol. The van der Waals surface area contributed by atoms with Gasteiger partial charge in [-0.15, -0.1) is 0 Å². The molecule has 6 heteroatoms. The van der Waals surface area contributed by atoms with Crippen molar-refractivity contribution < 1.29 is 28.2 Å². The van der Waals surface area contributed by atoms with Gasteiger partial charge in [0, 0.05) is 11.1 Å². The molecule has 0 unspecified atom stereocenters. The molecule has 1 aromatic heterocycles. The summed E-state index contributed by atoms with van der Waals surface area (Å²) in [4.78, 5) is 24.6. The number of furan rings is 1. The van der Waals surface area contributed by atoms with E-state index in [2.05, 4.69) is 4.74 Å². The summed E-state index contributed by atoms with van der Waals surface area (Å²) >= 11 is 0. The summed E-state index contributed by atoms with van der Waals surface area (Å²) < 4.78 is 20.6. The minimum atomic E-state index is -0.631. The van der Waals surface area contributed by atoms with Crippen LogP contribution < -0.4 is 4.74 Å². The van der Waals surface area contributed by atoms with E-state index in [4.69, 9.17) is 13.9 Å². The highest BCUT2D eigenvalue weighted by molar-refractivity contribution is 6.21. The van der Waals surface area contributed by atoms with Crippen LogP contribution in [-0.2, 0) is 20.9 Å². The zero-order chi connectivity index (χ0) is 20.6. The first-order valence-corrected chi connectivity index (χ1v) is 8.86. The Kier molecular flexibility index (Phi) is 6.47. The number of hydrogen-bond donors (Lipinski definition) is 0. The molecule has 0 radical (unpaired) electrons. The predicted octanol–water partition coefficient (Wildman–Crippen LogP) is 4.36. The normalized spacial score (nSPS) is 11.0. The van der Waals surface area contributed by atoms with Crippen LogP contribution in [0.1, 0.15) is 27.2 Å². The van der Waals surface area contributed by atoms with Crippen LogP contribution in [-0.4, -0.2) is 26.2 Å². The van der Waals surface area contributed by atoms with Gasteiger partial charge in [0.15, 0.2) is 0 Å². The number of carbonyl (C=O) groups excluding carboxylic acids is 2. The molecule has 0 aliphatic heterocycles.